The molecule has 1 atom stereocenters. The number of fused-ring (bicyclic) bond motifs is 3. The predicted octanol–water partition coefficient (Wildman–Crippen LogP) is 5.38. The van der Waals surface area contributed by atoms with Gasteiger partial charge in [-0.1, -0.05) is 12.1 Å². The Morgan fingerprint density at radius 3 is 2.44 bits per heavy atom. The van der Waals surface area contributed by atoms with Crippen molar-refractivity contribution in [3.8, 4) is 11.5 Å². The van der Waals surface area contributed by atoms with Gasteiger partial charge in [0.15, 0.2) is 0 Å². The highest BCUT2D eigenvalue weighted by Crippen LogP contribution is 2.45. The molecule has 4 aromatic rings. The molecule has 1 aliphatic rings. The Kier molecular flexibility index (Phi) is 5.61. The summed E-state index contributed by atoms with van der Waals surface area (Å²) in [6.07, 6.45) is 2.49. The van der Waals surface area contributed by atoms with Gasteiger partial charge in [0.1, 0.15) is 23.2 Å². The molecular weight excluding hydrogens is 428 g/mol. The fourth-order valence-electron chi connectivity index (χ4n) is 5.03. The summed E-state index contributed by atoms with van der Waals surface area (Å²) in [7, 11) is 3.27. The molecule has 0 spiro atoms. The number of aromatic nitrogens is 2. The number of hydrogen-bond donors (Lipinski definition) is 2. The summed E-state index contributed by atoms with van der Waals surface area (Å²) < 4.78 is 11.5. The normalized spacial score (nSPS) is 15.2. The zero-order valence-electron chi connectivity index (χ0n) is 19.8. The van der Waals surface area contributed by atoms with Crippen LogP contribution in [0.3, 0.4) is 0 Å². The van der Waals surface area contributed by atoms with E-state index in [1.165, 1.54) is 0 Å². The number of aryl methyl sites for hydroxylation is 2. The minimum absolute atomic E-state index is 0.180. The van der Waals surface area contributed by atoms with Crippen LogP contribution in [0.1, 0.15) is 34.0 Å². The number of anilines is 1. The van der Waals surface area contributed by atoms with Crippen molar-refractivity contribution >= 4 is 22.8 Å². The number of nitrogens with one attached hydrogen (secondary N) is 2. The highest BCUT2D eigenvalue weighted by molar-refractivity contribution is 5.91. The molecule has 2 aromatic carbocycles. The third-order valence-electron chi connectivity index (χ3n) is 6.37. The van der Waals surface area contributed by atoms with Crippen molar-refractivity contribution in [3.05, 3.63) is 82.7 Å². The number of H-pyrrole nitrogens is 1. The monoisotopic (exact) mass is 456 g/mol. The minimum Gasteiger partial charge on any atom is -0.496 e. The third kappa shape index (κ3) is 3.73. The maximum absolute atomic E-state index is 13.7. The predicted molar refractivity (Wildman–Crippen MR) is 133 cm³/mol. The Balaban J connectivity index is 1.65. The number of rotatable bonds is 4. The number of carbonyl (C=O) groups excluding carboxylic acids is 1. The molecule has 174 valence electrons. The number of urea groups is 1. The highest BCUT2D eigenvalue weighted by atomic mass is 16.5. The smallest absolute Gasteiger partial charge is 0.322 e. The number of ether oxygens (including phenoxy) is 2. The fourth-order valence-corrected chi connectivity index (χ4v) is 5.03. The molecule has 1 aliphatic heterocycles. The molecule has 2 N–H and O–H groups in total. The summed E-state index contributed by atoms with van der Waals surface area (Å²) in [5.74, 6) is 1.32. The lowest BCUT2D eigenvalue weighted by Gasteiger charge is -2.37. The van der Waals surface area contributed by atoms with Crippen LogP contribution in [0.4, 0.5) is 10.5 Å². The molecule has 0 saturated carbocycles. The molecule has 0 saturated heterocycles. The Morgan fingerprint density at radius 2 is 1.76 bits per heavy atom. The fraction of sp³-hybridized carbons (Fsp3) is 0.259. The van der Waals surface area contributed by atoms with E-state index in [0.717, 1.165) is 51.1 Å². The van der Waals surface area contributed by atoms with Crippen LogP contribution in [0.5, 0.6) is 11.5 Å². The molecule has 0 bridgehead atoms. The van der Waals surface area contributed by atoms with E-state index < -0.39 is 6.04 Å². The molecule has 7 nitrogen and oxygen atoms in total. The van der Waals surface area contributed by atoms with Crippen molar-refractivity contribution < 1.29 is 14.3 Å². The zero-order chi connectivity index (χ0) is 23.8. The van der Waals surface area contributed by atoms with Crippen molar-refractivity contribution in [2.24, 2.45) is 0 Å². The van der Waals surface area contributed by atoms with Crippen LogP contribution in [0, 0.1) is 13.8 Å². The van der Waals surface area contributed by atoms with E-state index in [4.69, 9.17) is 9.47 Å². The second-order valence-corrected chi connectivity index (χ2v) is 8.65. The van der Waals surface area contributed by atoms with Crippen LogP contribution in [0.25, 0.3) is 11.0 Å². The van der Waals surface area contributed by atoms with Gasteiger partial charge in [0.25, 0.3) is 0 Å². The number of carbonyl (C=O) groups is 1. The topological polar surface area (TPSA) is 79.5 Å². The largest absolute Gasteiger partial charge is 0.496 e. The highest BCUT2D eigenvalue weighted by Gasteiger charge is 2.38. The number of hydrogen-bond acceptors (Lipinski definition) is 4. The summed E-state index contributed by atoms with van der Waals surface area (Å²) in [5.41, 5.74) is 6.67. The number of pyridine rings is 1. The van der Waals surface area contributed by atoms with Gasteiger partial charge in [-0.3, -0.25) is 0 Å². The van der Waals surface area contributed by atoms with E-state index in [2.05, 4.69) is 27.4 Å². The first-order valence-corrected chi connectivity index (χ1v) is 11.3. The van der Waals surface area contributed by atoms with Crippen molar-refractivity contribution in [3.63, 3.8) is 0 Å². The molecule has 34 heavy (non-hydrogen) atoms. The molecule has 5 rings (SSSR count). The maximum Gasteiger partial charge on any atom is 0.322 e. The summed E-state index contributed by atoms with van der Waals surface area (Å²) in [6.45, 7) is 4.59. The van der Waals surface area contributed by atoms with Crippen LogP contribution < -0.4 is 14.8 Å². The second-order valence-electron chi connectivity index (χ2n) is 8.65. The Bertz CT molecular complexity index is 1340. The maximum atomic E-state index is 13.7. The van der Waals surface area contributed by atoms with Crippen LogP contribution in [0.15, 0.2) is 54.7 Å². The van der Waals surface area contributed by atoms with Gasteiger partial charge in [0, 0.05) is 29.5 Å². The number of benzene rings is 2. The van der Waals surface area contributed by atoms with Gasteiger partial charge < -0.3 is 24.7 Å². The lowest BCUT2D eigenvalue weighted by Crippen LogP contribution is -2.43. The van der Waals surface area contributed by atoms with Crippen LogP contribution >= 0.6 is 0 Å². The van der Waals surface area contributed by atoms with E-state index in [-0.39, 0.29) is 6.03 Å². The van der Waals surface area contributed by atoms with Gasteiger partial charge in [-0.15, -0.1) is 0 Å². The van der Waals surface area contributed by atoms with Gasteiger partial charge in [0.05, 0.1) is 19.8 Å². The van der Waals surface area contributed by atoms with Gasteiger partial charge in [0.2, 0.25) is 0 Å². The first-order valence-electron chi connectivity index (χ1n) is 11.3. The number of methoxy groups -OCH3 is 2. The van der Waals surface area contributed by atoms with Crippen LogP contribution in [-0.4, -0.2) is 41.7 Å². The summed E-state index contributed by atoms with van der Waals surface area (Å²) in [4.78, 5) is 23.6. The van der Waals surface area contributed by atoms with Gasteiger partial charge in [-0.2, -0.15) is 0 Å². The van der Waals surface area contributed by atoms with Crippen LogP contribution in [-0.2, 0) is 6.42 Å². The zero-order valence-corrected chi connectivity index (χ0v) is 19.8. The van der Waals surface area contributed by atoms with Crippen molar-refractivity contribution in [1.29, 1.82) is 0 Å². The van der Waals surface area contributed by atoms with Gasteiger partial charge >= 0.3 is 6.03 Å². The molecule has 3 heterocycles. The third-order valence-corrected chi connectivity index (χ3v) is 6.37. The molecule has 2 amide bonds. The average molecular weight is 457 g/mol. The molecule has 2 aromatic heterocycles. The molecule has 7 heteroatoms. The molecule has 1 unspecified atom stereocenters. The number of nitrogens with zero attached hydrogens (tertiary/aromatic N) is 2. The molecule has 0 radical (unpaired) electrons. The van der Waals surface area contributed by atoms with Crippen molar-refractivity contribution in [2.45, 2.75) is 26.3 Å². The minimum atomic E-state index is -0.435. The van der Waals surface area contributed by atoms with E-state index in [1.807, 2.05) is 55.1 Å². The quantitative estimate of drug-likeness (QED) is 0.432. The SMILES string of the molecule is COc1cccc(OC)c1C1c2[nH]c3ncccc3c2CCN1C(=O)Nc1cc(C)cc(C)c1. The van der Waals surface area contributed by atoms with E-state index in [9.17, 15) is 4.79 Å². The van der Waals surface area contributed by atoms with Gasteiger partial charge in [-0.25, -0.2) is 9.78 Å². The summed E-state index contributed by atoms with van der Waals surface area (Å²) >= 11 is 0. The molecule has 0 fully saturated rings. The van der Waals surface area contributed by atoms with Crippen molar-refractivity contribution in [2.75, 3.05) is 26.1 Å². The van der Waals surface area contributed by atoms with E-state index in [1.54, 1.807) is 20.4 Å². The van der Waals surface area contributed by atoms with E-state index in [0.29, 0.717) is 18.0 Å². The summed E-state index contributed by atoms with van der Waals surface area (Å²) in [5, 5.41) is 4.18. The number of amides is 2. The standard InChI is InChI=1S/C27H28N4O3/c1-16-13-17(2)15-18(14-16)29-27(32)31-12-10-19-20-7-6-11-28-26(20)30-24(19)25(31)23-21(33-3)8-5-9-22(23)34-4/h5-9,11,13-15,25H,10,12H2,1-4H3,(H,28,30)(H,29,32). The van der Waals surface area contributed by atoms with E-state index >= 15 is 0 Å². The lowest BCUT2D eigenvalue weighted by molar-refractivity contribution is 0.190. The van der Waals surface area contributed by atoms with Crippen molar-refractivity contribution in [1.82, 2.24) is 14.9 Å². The average Bonchev–Trinajstić information content (AvgIpc) is 3.21. The first-order chi connectivity index (χ1) is 16.5. The Labute approximate surface area is 198 Å². The molecule has 0 aliphatic carbocycles. The lowest BCUT2D eigenvalue weighted by atomic mass is 9.91. The second kappa shape index (κ2) is 8.74. The molecular formula is C27H28N4O3. The summed E-state index contributed by atoms with van der Waals surface area (Å²) in [6, 6.07) is 15.1. The Hall–Kier alpha value is -4.00. The van der Waals surface area contributed by atoms with Gasteiger partial charge in [-0.05, 0) is 73.4 Å². The number of aromatic amines is 1. The van der Waals surface area contributed by atoms with Crippen LogP contribution in [0.2, 0.25) is 0 Å². The Morgan fingerprint density at radius 1 is 1.06 bits per heavy atom. The first kappa shape index (κ1) is 21.8.